The van der Waals surface area contributed by atoms with E-state index in [1.165, 1.54) is 6.42 Å². The molecule has 4 heteroatoms. The summed E-state index contributed by atoms with van der Waals surface area (Å²) in [6.07, 6.45) is 3.41. The van der Waals surface area contributed by atoms with E-state index < -0.39 is 0 Å². The Labute approximate surface area is 127 Å². The molecule has 1 amide bonds. The largest absolute Gasteiger partial charge is 0.331 e. The number of benzene rings is 1. The average Bonchev–Trinajstić information content (AvgIpc) is 2.65. The molecule has 2 fully saturated rings. The first-order valence-corrected chi connectivity index (χ1v) is 7.27. The van der Waals surface area contributed by atoms with Gasteiger partial charge in [-0.2, -0.15) is 0 Å². The molecule has 3 nitrogen and oxygen atoms in total. The SMILES string of the molecule is Cc1ccc(C)c(C(=O)N2C3CCNCC2CC3)c1.Cl. The molecular weight excluding hydrogens is 272 g/mol. The van der Waals surface area contributed by atoms with E-state index >= 15 is 0 Å². The van der Waals surface area contributed by atoms with E-state index in [1.807, 2.05) is 13.0 Å². The third-order valence-corrected chi connectivity index (χ3v) is 4.51. The van der Waals surface area contributed by atoms with Crippen molar-refractivity contribution in [2.75, 3.05) is 13.1 Å². The van der Waals surface area contributed by atoms with Gasteiger partial charge in [-0.1, -0.05) is 17.7 Å². The minimum Gasteiger partial charge on any atom is -0.331 e. The molecule has 2 aliphatic heterocycles. The number of rotatable bonds is 1. The molecule has 3 rings (SSSR count). The maximum atomic E-state index is 12.9. The van der Waals surface area contributed by atoms with Gasteiger partial charge in [0.15, 0.2) is 0 Å². The minimum atomic E-state index is 0. The van der Waals surface area contributed by atoms with Gasteiger partial charge in [-0.3, -0.25) is 4.79 Å². The van der Waals surface area contributed by atoms with Crippen LogP contribution in [0.15, 0.2) is 18.2 Å². The Hall–Kier alpha value is -1.06. The standard InChI is InChI=1S/C16H22N2O.ClH/c1-11-3-4-12(2)15(9-11)16(19)18-13-5-6-14(18)10-17-8-7-13;/h3-4,9,13-14,17H,5-8,10H2,1-2H3;1H. The average molecular weight is 295 g/mol. The Morgan fingerprint density at radius 3 is 2.75 bits per heavy atom. The zero-order valence-electron chi connectivity index (χ0n) is 12.2. The molecule has 2 heterocycles. The summed E-state index contributed by atoms with van der Waals surface area (Å²) in [6.45, 7) is 6.07. The van der Waals surface area contributed by atoms with Crippen molar-refractivity contribution in [2.45, 2.75) is 45.2 Å². The first kappa shape index (κ1) is 15.3. The van der Waals surface area contributed by atoms with Crippen LogP contribution in [0.4, 0.5) is 0 Å². The van der Waals surface area contributed by atoms with Crippen LogP contribution in [0.3, 0.4) is 0 Å². The summed E-state index contributed by atoms with van der Waals surface area (Å²) in [6, 6.07) is 6.99. The van der Waals surface area contributed by atoms with Crippen LogP contribution in [0.5, 0.6) is 0 Å². The molecule has 0 aliphatic carbocycles. The van der Waals surface area contributed by atoms with E-state index in [-0.39, 0.29) is 18.3 Å². The molecular formula is C16H23ClN2O. The van der Waals surface area contributed by atoms with Crippen molar-refractivity contribution >= 4 is 18.3 Å². The van der Waals surface area contributed by atoms with Gasteiger partial charge in [0.2, 0.25) is 0 Å². The van der Waals surface area contributed by atoms with Crippen LogP contribution in [0.2, 0.25) is 0 Å². The number of carbonyl (C=O) groups is 1. The molecule has 2 saturated heterocycles. The molecule has 1 N–H and O–H groups in total. The molecule has 1 aromatic carbocycles. The van der Waals surface area contributed by atoms with E-state index in [1.54, 1.807) is 0 Å². The highest BCUT2D eigenvalue weighted by atomic mass is 35.5. The van der Waals surface area contributed by atoms with Crippen LogP contribution >= 0.6 is 12.4 Å². The second-order valence-corrected chi connectivity index (χ2v) is 5.91. The minimum absolute atomic E-state index is 0. The second-order valence-electron chi connectivity index (χ2n) is 5.91. The maximum absolute atomic E-state index is 12.9. The van der Waals surface area contributed by atoms with Crippen LogP contribution < -0.4 is 5.32 Å². The zero-order valence-corrected chi connectivity index (χ0v) is 13.0. The molecule has 1 aromatic rings. The van der Waals surface area contributed by atoms with Crippen LogP contribution in [-0.4, -0.2) is 36.0 Å². The number of halogens is 1. The smallest absolute Gasteiger partial charge is 0.254 e. The number of aryl methyl sites for hydroxylation is 2. The van der Waals surface area contributed by atoms with Crippen LogP contribution in [0.1, 0.15) is 40.7 Å². The fourth-order valence-electron chi connectivity index (χ4n) is 3.42. The molecule has 110 valence electrons. The number of fused-ring (bicyclic) bond motifs is 2. The predicted octanol–water partition coefficient (Wildman–Crippen LogP) is 2.69. The van der Waals surface area contributed by atoms with Crippen molar-refractivity contribution in [3.8, 4) is 0 Å². The molecule has 2 atom stereocenters. The highest BCUT2D eigenvalue weighted by Gasteiger charge is 2.38. The number of carbonyl (C=O) groups excluding carboxylic acids is 1. The first-order valence-electron chi connectivity index (χ1n) is 7.27. The van der Waals surface area contributed by atoms with E-state index in [2.05, 4.69) is 29.3 Å². The molecule has 0 saturated carbocycles. The molecule has 0 spiro atoms. The van der Waals surface area contributed by atoms with Gasteiger partial charge in [0.25, 0.3) is 5.91 Å². The summed E-state index contributed by atoms with van der Waals surface area (Å²) in [7, 11) is 0. The third kappa shape index (κ3) is 2.70. The van der Waals surface area contributed by atoms with Gasteiger partial charge in [-0.15, -0.1) is 12.4 Å². The van der Waals surface area contributed by atoms with E-state index in [4.69, 9.17) is 0 Å². The monoisotopic (exact) mass is 294 g/mol. The normalized spacial score (nSPS) is 25.0. The molecule has 0 radical (unpaired) electrons. The Morgan fingerprint density at radius 2 is 1.95 bits per heavy atom. The number of nitrogens with zero attached hydrogens (tertiary/aromatic N) is 1. The summed E-state index contributed by atoms with van der Waals surface area (Å²) < 4.78 is 0. The second kappa shape index (κ2) is 6.15. The molecule has 2 unspecified atom stereocenters. The van der Waals surface area contributed by atoms with Crippen LogP contribution in [-0.2, 0) is 0 Å². The zero-order chi connectivity index (χ0) is 13.4. The van der Waals surface area contributed by atoms with Crippen molar-refractivity contribution in [2.24, 2.45) is 0 Å². The fraction of sp³-hybridized carbons (Fsp3) is 0.562. The van der Waals surface area contributed by atoms with Gasteiger partial charge < -0.3 is 10.2 Å². The number of nitrogens with one attached hydrogen (secondary N) is 1. The van der Waals surface area contributed by atoms with Gasteiger partial charge in [-0.05, 0) is 51.3 Å². The Kier molecular flexibility index (Phi) is 4.71. The Morgan fingerprint density at radius 1 is 1.20 bits per heavy atom. The van der Waals surface area contributed by atoms with Crippen molar-refractivity contribution < 1.29 is 4.79 Å². The Balaban J connectivity index is 0.00000147. The Bertz CT molecular complexity index is 489. The van der Waals surface area contributed by atoms with E-state index in [0.29, 0.717) is 12.1 Å². The summed E-state index contributed by atoms with van der Waals surface area (Å²) >= 11 is 0. The summed E-state index contributed by atoms with van der Waals surface area (Å²) in [5.41, 5.74) is 3.14. The fourth-order valence-corrected chi connectivity index (χ4v) is 3.42. The van der Waals surface area contributed by atoms with Crippen LogP contribution in [0.25, 0.3) is 0 Å². The molecule has 2 bridgehead atoms. The topological polar surface area (TPSA) is 32.3 Å². The van der Waals surface area contributed by atoms with Crippen molar-refractivity contribution in [1.82, 2.24) is 10.2 Å². The third-order valence-electron chi connectivity index (χ3n) is 4.51. The summed E-state index contributed by atoms with van der Waals surface area (Å²) in [5.74, 6) is 0.234. The lowest BCUT2D eigenvalue weighted by Gasteiger charge is -2.28. The highest BCUT2D eigenvalue weighted by Crippen LogP contribution is 2.30. The van der Waals surface area contributed by atoms with Gasteiger partial charge in [0.1, 0.15) is 0 Å². The number of amides is 1. The van der Waals surface area contributed by atoms with Gasteiger partial charge >= 0.3 is 0 Å². The number of hydrogen-bond acceptors (Lipinski definition) is 2. The van der Waals surface area contributed by atoms with E-state index in [9.17, 15) is 4.79 Å². The van der Waals surface area contributed by atoms with Gasteiger partial charge in [0, 0.05) is 24.2 Å². The molecule has 0 aromatic heterocycles. The lowest BCUT2D eigenvalue weighted by Crippen LogP contribution is -2.42. The maximum Gasteiger partial charge on any atom is 0.254 e. The van der Waals surface area contributed by atoms with Gasteiger partial charge in [0.05, 0.1) is 0 Å². The highest BCUT2D eigenvalue weighted by molar-refractivity contribution is 5.96. The number of hydrogen-bond donors (Lipinski definition) is 1. The summed E-state index contributed by atoms with van der Waals surface area (Å²) in [5, 5.41) is 3.45. The lowest BCUT2D eigenvalue weighted by molar-refractivity contribution is 0.0679. The van der Waals surface area contributed by atoms with Crippen molar-refractivity contribution in [3.63, 3.8) is 0 Å². The lowest BCUT2D eigenvalue weighted by atomic mass is 10.0. The molecule has 20 heavy (non-hydrogen) atoms. The van der Waals surface area contributed by atoms with Crippen molar-refractivity contribution in [3.05, 3.63) is 34.9 Å². The quantitative estimate of drug-likeness (QED) is 0.864. The van der Waals surface area contributed by atoms with Crippen LogP contribution in [0, 0.1) is 13.8 Å². The first-order chi connectivity index (χ1) is 9.16. The van der Waals surface area contributed by atoms with Gasteiger partial charge in [-0.25, -0.2) is 0 Å². The summed E-state index contributed by atoms with van der Waals surface area (Å²) in [4.78, 5) is 15.0. The van der Waals surface area contributed by atoms with Crippen molar-refractivity contribution in [1.29, 1.82) is 0 Å². The predicted molar refractivity (Wildman–Crippen MR) is 83.6 cm³/mol. The van der Waals surface area contributed by atoms with E-state index in [0.717, 1.165) is 42.6 Å². The molecule has 2 aliphatic rings.